The molecule has 6 heteroatoms. The fraction of sp³-hybridized carbons (Fsp3) is 0.333. The number of carbonyl (C=O) groups is 2. The predicted octanol–water partition coefficient (Wildman–Crippen LogP) is 0.267. The number of nitrogens with zero attached hydrogens (tertiary/aromatic N) is 3. The highest BCUT2D eigenvalue weighted by Crippen LogP contribution is 1.99. The molecule has 0 saturated heterocycles. The van der Waals surface area contributed by atoms with E-state index in [1.165, 1.54) is 4.90 Å². The van der Waals surface area contributed by atoms with Crippen LogP contribution in [0.5, 0.6) is 0 Å². The van der Waals surface area contributed by atoms with E-state index in [0.717, 1.165) is 12.4 Å². The van der Waals surface area contributed by atoms with Crippen LogP contribution in [0.4, 0.5) is 0 Å². The highest BCUT2D eigenvalue weighted by Gasteiger charge is 2.13. The van der Waals surface area contributed by atoms with Gasteiger partial charge in [-0.1, -0.05) is 0 Å². The minimum Gasteiger partial charge on any atom is -0.476 e. The van der Waals surface area contributed by atoms with E-state index in [4.69, 9.17) is 5.11 Å². The quantitative estimate of drug-likeness (QED) is 0.772. The van der Waals surface area contributed by atoms with E-state index in [1.807, 2.05) is 6.92 Å². The first-order valence-corrected chi connectivity index (χ1v) is 4.37. The summed E-state index contributed by atoms with van der Waals surface area (Å²) in [6.07, 6.45) is 2.23. The lowest BCUT2D eigenvalue weighted by molar-refractivity contribution is 0.0687. The Kier molecular flexibility index (Phi) is 3.33. The summed E-state index contributed by atoms with van der Waals surface area (Å²) in [5.74, 6) is -1.44. The molecule has 0 spiro atoms. The van der Waals surface area contributed by atoms with Crippen molar-refractivity contribution in [3.8, 4) is 0 Å². The molecule has 15 heavy (non-hydrogen) atoms. The van der Waals surface area contributed by atoms with Gasteiger partial charge in [0.15, 0.2) is 5.69 Å². The lowest BCUT2D eigenvalue weighted by atomic mass is 10.3. The van der Waals surface area contributed by atoms with E-state index >= 15 is 0 Å². The minimum absolute atomic E-state index is 0.143. The summed E-state index contributed by atoms with van der Waals surface area (Å²) in [5.41, 5.74) is -0.0324. The summed E-state index contributed by atoms with van der Waals surface area (Å²) in [7, 11) is 1.63. The fourth-order valence-electron chi connectivity index (χ4n) is 0.888. The lowest BCUT2D eigenvalue weighted by Crippen LogP contribution is -2.27. The molecule has 0 radical (unpaired) electrons. The third-order valence-corrected chi connectivity index (χ3v) is 1.91. The normalized spacial score (nSPS) is 9.73. The van der Waals surface area contributed by atoms with Gasteiger partial charge in [0.05, 0.1) is 12.4 Å². The van der Waals surface area contributed by atoms with Gasteiger partial charge in [0.2, 0.25) is 0 Å². The topological polar surface area (TPSA) is 83.4 Å². The molecule has 1 heterocycles. The fourth-order valence-corrected chi connectivity index (χ4v) is 0.888. The van der Waals surface area contributed by atoms with E-state index in [-0.39, 0.29) is 17.3 Å². The van der Waals surface area contributed by atoms with E-state index in [9.17, 15) is 9.59 Å². The maximum Gasteiger partial charge on any atom is 0.356 e. The number of hydrogen-bond acceptors (Lipinski definition) is 4. The first-order chi connectivity index (χ1) is 7.06. The van der Waals surface area contributed by atoms with Gasteiger partial charge < -0.3 is 10.0 Å². The highest BCUT2D eigenvalue weighted by molar-refractivity contribution is 5.92. The molecule has 0 fully saturated rings. The van der Waals surface area contributed by atoms with Gasteiger partial charge in [-0.25, -0.2) is 14.8 Å². The molecule has 0 aliphatic heterocycles. The number of aromatic carboxylic acids is 1. The number of rotatable bonds is 3. The van der Waals surface area contributed by atoms with Gasteiger partial charge in [-0.15, -0.1) is 0 Å². The van der Waals surface area contributed by atoms with Gasteiger partial charge >= 0.3 is 5.97 Å². The van der Waals surface area contributed by atoms with Crippen molar-refractivity contribution in [2.75, 3.05) is 13.6 Å². The number of carboxylic acids is 1. The summed E-state index contributed by atoms with van der Waals surface area (Å²) in [6.45, 7) is 2.39. The zero-order valence-corrected chi connectivity index (χ0v) is 8.47. The lowest BCUT2D eigenvalue weighted by Gasteiger charge is -2.12. The van der Waals surface area contributed by atoms with Crippen LogP contribution in [0, 0.1) is 0 Å². The molecule has 80 valence electrons. The molecule has 1 rings (SSSR count). The predicted molar refractivity (Wildman–Crippen MR) is 51.6 cm³/mol. The first kappa shape index (κ1) is 11.1. The number of carboxylic acid groups (broad SMARTS) is 1. The van der Waals surface area contributed by atoms with Gasteiger partial charge in [-0.05, 0) is 6.92 Å². The molecule has 1 aromatic heterocycles. The molecule has 0 aromatic carbocycles. The average Bonchev–Trinajstić information content (AvgIpc) is 2.27. The molecule has 0 unspecified atom stereocenters. The van der Waals surface area contributed by atoms with Gasteiger partial charge in [-0.2, -0.15) is 0 Å². The van der Waals surface area contributed by atoms with Gasteiger partial charge in [-0.3, -0.25) is 4.79 Å². The molecule has 0 bridgehead atoms. The number of hydrogen-bond donors (Lipinski definition) is 1. The monoisotopic (exact) mass is 209 g/mol. The molecule has 6 nitrogen and oxygen atoms in total. The summed E-state index contributed by atoms with van der Waals surface area (Å²) in [4.78, 5) is 30.8. The van der Waals surface area contributed by atoms with Crippen molar-refractivity contribution in [2.45, 2.75) is 6.92 Å². The first-order valence-electron chi connectivity index (χ1n) is 4.37. The van der Waals surface area contributed by atoms with Crippen molar-refractivity contribution >= 4 is 11.9 Å². The standard InChI is InChI=1S/C9H11N3O3/c1-3-12(2)8(13)6-4-11-7(5-10-6)9(14)15/h4-5H,3H2,1-2H3,(H,14,15). The van der Waals surface area contributed by atoms with Crippen molar-refractivity contribution in [3.63, 3.8) is 0 Å². The van der Waals surface area contributed by atoms with Gasteiger partial charge in [0.1, 0.15) is 5.69 Å². The molecule has 0 aliphatic carbocycles. The minimum atomic E-state index is -1.16. The van der Waals surface area contributed by atoms with E-state index in [0.29, 0.717) is 6.54 Å². The van der Waals surface area contributed by atoms with Crippen LogP contribution in [0.15, 0.2) is 12.4 Å². The number of aromatic nitrogens is 2. The Morgan fingerprint density at radius 2 is 1.87 bits per heavy atom. The molecule has 0 aliphatic rings. The smallest absolute Gasteiger partial charge is 0.356 e. The van der Waals surface area contributed by atoms with Gasteiger partial charge in [0.25, 0.3) is 5.91 Å². The molecule has 1 N–H and O–H groups in total. The van der Waals surface area contributed by atoms with Crippen LogP contribution in [0.1, 0.15) is 27.9 Å². The summed E-state index contributed by atoms with van der Waals surface area (Å²) >= 11 is 0. The molecular weight excluding hydrogens is 198 g/mol. The Morgan fingerprint density at radius 3 is 2.27 bits per heavy atom. The Morgan fingerprint density at radius 1 is 1.33 bits per heavy atom. The second-order valence-electron chi connectivity index (χ2n) is 2.91. The third kappa shape index (κ3) is 2.49. The molecule has 0 atom stereocenters. The second-order valence-corrected chi connectivity index (χ2v) is 2.91. The van der Waals surface area contributed by atoms with Crippen molar-refractivity contribution in [3.05, 3.63) is 23.8 Å². The van der Waals surface area contributed by atoms with Crippen molar-refractivity contribution < 1.29 is 14.7 Å². The van der Waals surface area contributed by atoms with Crippen LogP contribution in [0.3, 0.4) is 0 Å². The van der Waals surface area contributed by atoms with Crippen molar-refractivity contribution in [1.82, 2.24) is 14.9 Å². The second kappa shape index (κ2) is 4.50. The van der Waals surface area contributed by atoms with E-state index in [2.05, 4.69) is 9.97 Å². The van der Waals surface area contributed by atoms with Crippen LogP contribution in [0.25, 0.3) is 0 Å². The molecule has 1 amide bonds. The zero-order valence-electron chi connectivity index (χ0n) is 8.47. The molecular formula is C9H11N3O3. The van der Waals surface area contributed by atoms with Crippen molar-refractivity contribution in [1.29, 1.82) is 0 Å². The van der Waals surface area contributed by atoms with Crippen LogP contribution < -0.4 is 0 Å². The van der Waals surface area contributed by atoms with Crippen LogP contribution in [-0.2, 0) is 0 Å². The Balaban J connectivity index is 2.89. The SMILES string of the molecule is CCN(C)C(=O)c1cnc(C(=O)O)cn1. The summed E-state index contributed by atoms with van der Waals surface area (Å²) in [6, 6.07) is 0. The maximum absolute atomic E-state index is 11.5. The molecule has 0 saturated carbocycles. The number of amides is 1. The maximum atomic E-state index is 11.5. The van der Waals surface area contributed by atoms with Crippen molar-refractivity contribution in [2.24, 2.45) is 0 Å². The largest absolute Gasteiger partial charge is 0.476 e. The Hall–Kier alpha value is -1.98. The van der Waals surface area contributed by atoms with Crippen LogP contribution >= 0.6 is 0 Å². The highest BCUT2D eigenvalue weighted by atomic mass is 16.4. The zero-order chi connectivity index (χ0) is 11.4. The molecule has 1 aromatic rings. The summed E-state index contributed by atoms with van der Waals surface area (Å²) < 4.78 is 0. The summed E-state index contributed by atoms with van der Waals surface area (Å²) in [5, 5.41) is 8.57. The number of carbonyl (C=O) groups excluding carboxylic acids is 1. The Bertz CT molecular complexity index is 375. The van der Waals surface area contributed by atoms with E-state index in [1.54, 1.807) is 7.05 Å². The van der Waals surface area contributed by atoms with E-state index < -0.39 is 5.97 Å². The van der Waals surface area contributed by atoms with Gasteiger partial charge in [0, 0.05) is 13.6 Å². The Labute approximate surface area is 86.6 Å². The third-order valence-electron chi connectivity index (χ3n) is 1.91. The van der Waals surface area contributed by atoms with Crippen LogP contribution in [0.2, 0.25) is 0 Å². The average molecular weight is 209 g/mol. The van der Waals surface area contributed by atoms with Crippen LogP contribution in [-0.4, -0.2) is 45.4 Å².